The molecule has 1 atom stereocenters. The SMILES string of the molecule is CC(C)(C(F)(F)F)C(F)(F)F.CC(C)(C)C(F)(F)F.CC(C)C.CC(C)C(F)(F)F.CCC(C)C.CCC(C)C(F)(F)F.CCCCC.[2H]C(C)(C)C.[2H]C(C)(C)C(F)(F)F. The molecule has 0 aliphatic carbocycles. The van der Waals surface area contributed by atoms with Crippen molar-refractivity contribution in [1.82, 2.24) is 0 Å². The van der Waals surface area contributed by atoms with Crippen LogP contribution in [-0.4, -0.2) is 37.1 Å². The fourth-order valence-corrected chi connectivity index (χ4v) is 0.746. The van der Waals surface area contributed by atoms with Crippen molar-refractivity contribution in [3.63, 3.8) is 0 Å². The van der Waals surface area contributed by atoms with Crippen LogP contribution in [0.25, 0.3) is 0 Å². The molecule has 0 heterocycles. The first-order valence-electron chi connectivity index (χ1n) is 20.2. The van der Waals surface area contributed by atoms with Crippen LogP contribution in [0.4, 0.5) is 79.0 Å². The van der Waals surface area contributed by atoms with Gasteiger partial charge in [0.25, 0.3) is 0 Å². The highest BCUT2D eigenvalue weighted by Crippen LogP contribution is 2.49. The van der Waals surface area contributed by atoms with Crippen molar-refractivity contribution in [3.8, 4) is 0 Å². The van der Waals surface area contributed by atoms with E-state index in [4.69, 9.17) is 2.74 Å². The molecule has 59 heavy (non-hydrogen) atoms. The second-order valence-corrected chi connectivity index (χ2v) is 16.8. The Balaban J connectivity index is -0.0000000724. The third kappa shape index (κ3) is 68.7. The molecule has 0 saturated heterocycles. The standard InChI is InChI=1S/C5H6F6.2C5H9F3.2C5H12.2C4H7F3.2C4H10/c1-3(2,4(6,7)8)5(9,10)11;1-4(2,3)5(6,7)8;1-3-4(2)5(6,7)8;1-4-5(2)3;1-3-5-4-2;2*1-3(2)4(5,6)7;2*1-4(2)3/h1-2H3;1-3H3;4H,3H2,1-2H3;5H,4H2,1-3H3;3-5H2,1-2H3;2*3H,1-2H3;2*4H,1-3H3/i;;;;;3D;;4D;. The first kappa shape index (κ1) is 72.2. The van der Waals surface area contributed by atoms with Crippen molar-refractivity contribution in [2.75, 3.05) is 0 Å². The maximum absolute atomic E-state index is 11.6. The first-order chi connectivity index (χ1) is 25.8. The number of hydrogen-bond acceptors (Lipinski definition) is 0. The van der Waals surface area contributed by atoms with Gasteiger partial charge >= 0.3 is 37.1 Å². The van der Waals surface area contributed by atoms with Crippen LogP contribution in [0, 0.1) is 46.3 Å². The number of unbranched alkanes of at least 4 members (excludes halogenated alkanes) is 2. The summed E-state index contributed by atoms with van der Waals surface area (Å²) in [6.07, 6.45) is -21.4. The molecule has 0 amide bonds. The second-order valence-electron chi connectivity index (χ2n) is 16.8. The zero-order valence-corrected chi connectivity index (χ0v) is 39.6. The molecule has 0 rings (SSSR count). The van der Waals surface area contributed by atoms with Crippen LogP contribution in [0.1, 0.15) is 187 Å². The summed E-state index contributed by atoms with van der Waals surface area (Å²) in [5.41, 5.74) is -5.19. The molecule has 18 heteroatoms. The van der Waals surface area contributed by atoms with Gasteiger partial charge in [-0.25, -0.2) is 0 Å². The van der Waals surface area contributed by atoms with Gasteiger partial charge in [0, 0.05) is 14.6 Å². The van der Waals surface area contributed by atoms with E-state index < -0.39 is 65.6 Å². The van der Waals surface area contributed by atoms with Gasteiger partial charge in [0.05, 0.1) is 11.3 Å². The molecule has 0 N–H and O–H groups in total. The molecule has 0 spiro atoms. The van der Waals surface area contributed by atoms with Gasteiger partial charge in [0.1, 0.15) is 0 Å². The molecular formula is C41H82F18. The van der Waals surface area contributed by atoms with Gasteiger partial charge in [-0.3, -0.25) is 0 Å². The third-order valence-corrected chi connectivity index (χ3v) is 6.18. The highest BCUT2D eigenvalue weighted by atomic mass is 19.4. The second kappa shape index (κ2) is 36.2. The molecule has 0 aromatic rings. The van der Waals surface area contributed by atoms with Crippen LogP contribution >= 0.6 is 0 Å². The predicted octanol–water partition coefficient (Wildman–Crippen LogP) is 20.3. The van der Waals surface area contributed by atoms with E-state index in [9.17, 15) is 79.0 Å². The molecule has 0 nitrogen and oxygen atoms in total. The predicted molar refractivity (Wildman–Crippen MR) is 210 cm³/mol. The van der Waals surface area contributed by atoms with Crippen molar-refractivity contribution in [3.05, 3.63) is 0 Å². The van der Waals surface area contributed by atoms with Gasteiger partial charge in [-0.15, -0.1) is 0 Å². The van der Waals surface area contributed by atoms with Crippen LogP contribution in [0.2, 0.25) is 0 Å². The smallest absolute Gasteiger partial charge is 0.171 e. The average Bonchev–Trinajstić information content (AvgIpc) is 2.93. The Morgan fingerprint density at radius 1 is 0.407 bits per heavy atom. The third-order valence-electron chi connectivity index (χ3n) is 6.18. The van der Waals surface area contributed by atoms with E-state index in [0.29, 0.717) is 0 Å². The summed E-state index contributed by atoms with van der Waals surface area (Å²) in [5, 5.41) is 0. The lowest BCUT2D eigenvalue weighted by Crippen LogP contribution is -2.44. The van der Waals surface area contributed by atoms with Gasteiger partial charge in [0.15, 0.2) is 5.41 Å². The van der Waals surface area contributed by atoms with E-state index in [1.807, 2.05) is 20.8 Å². The molecule has 0 bridgehead atoms. The molecule has 0 fully saturated rings. The summed E-state index contributed by atoms with van der Waals surface area (Å²) in [7, 11) is 0. The molecule has 0 aromatic heterocycles. The van der Waals surface area contributed by atoms with E-state index in [1.165, 1.54) is 39.5 Å². The molecule has 0 aromatic carbocycles. The summed E-state index contributed by atoms with van der Waals surface area (Å²) < 4.78 is 220. The molecule has 0 saturated carbocycles. The lowest BCUT2D eigenvalue weighted by Gasteiger charge is -2.29. The normalized spacial score (nSPS) is 13.6. The van der Waals surface area contributed by atoms with E-state index in [1.54, 1.807) is 0 Å². The van der Waals surface area contributed by atoms with Crippen molar-refractivity contribution in [1.29, 1.82) is 0 Å². The minimum Gasteiger partial charge on any atom is -0.171 e. The summed E-state index contributed by atoms with van der Waals surface area (Å²) in [6, 6.07) is 0. The maximum atomic E-state index is 11.6. The lowest BCUT2D eigenvalue weighted by molar-refractivity contribution is -0.327. The van der Waals surface area contributed by atoms with Crippen molar-refractivity contribution in [2.45, 2.75) is 221 Å². The zero-order chi connectivity index (χ0) is 52.8. The molecule has 0 aliphatic heterocycles. The number of alkyl halides is 18. The summed E-state index contributed by atoms with van der Waals surface area (Å²) in [5.74, 6) is -3.20. The molecule has 0 aliphatic rings. The van der Waals surface area contributed by atoms with Crippen molar-refractivity contribution >= 4 is 0 Å². The van der Waals surface area contributed by atoms with E-state index in [-0.39, 0.29) is 26.2 Å². The quantitative estimate of drug-likeness (QED) is 0.247. The Morgan fingerprint density at radius 3 is 0.593 bits per heavy atom. The van der Waals surface area contributed by atoms with Gasteiger partial charge in [-0.1, -0.05) is 164 Å². The minimum atomic E-state index is -5.24. The Bertz CT molecular complexity index is 860. The first-order valence-corrected chi connectivity index (χ1v) is 19.2. The lowest BCUT2D eigenvalue weighted by atomic mass is 9.92. The Kier molecular flexibility index (Phi) is 44.4. The minimum absolute atomic E-state index is 0.104. The van der Waals surface area contributed by atoms with E-state index in [2.05, 4.69) is 55.4 Å². The van der Waals surface area contributed by atoms with Crippen LogP contribution in [0.5, 0.6) is 0 Å². The number of hydrogen-bond donors (Lipinski definition) is 0. The van der Waals surface area contributed by atoms with Gasteiger partial charge in [-0.05, 0) is 38.0 Å². The Labute approximate surface area is 349 Å². The van der Waals surface area contributed by atoms with Crippen molar-refractivity contribution < 1.29 is 81.8 Å². The monoisotopic (exact) mass is 919 g/mol. The van der Waals surface area contributed by atoms with Crippen molar-refractivity contribution in [2.24, 2.45) is 46.3 Å². The van der Waals surface area contributed by atoms with Gasteiger partial charge in [-0.2, -0.15) is 79.0 Å². The number of rotatable bonds is 4. The average molecular weight is 919 g/mol. The molecule has 372 valence electrons. The summed E-state index contributed by atoms with van der Waals surface area (Å²) >= 11 is 0. The fourth-order valence-electron chi connectivity index (χ4n) is 0.746. The topological polar surface area (TPSA) is 0 Å². The Morgan fingerprint density at radius 2 is 0.593 bits per heavy atom. The molecule has 1 unspecified atom stereocenters. The summed E-state index contributed by atoms with van der Waals surface area (Å²) in [4.78, 5) is 0. The molecular weight excluding hydrogens is 834 g/mol. The van der Waals surface area contributed by atoms with Crippen LogP contribution in [0.3, 0.4) is 0 Å². The van der Waals surface area contributed by atoms with Crippen LogP contribution in [0.15, 0.2) is 0 Å². The highest BCUT2D eigenvalue weighted by molar-refractivity contribution is 4.84. The van der Waals surface area contributed by atoms with Crippen LogP contribution in [-0.2, 0) is 0 Å². The largest absolute Gasteiger partial charge is 0.402 e. The van der Waals surface area contributed by atoms with E-state index >= 15 is 0 Å². The van der Waals surface area contributed by atoms with Crippen LogP contribution < -0.4 is 0 Å². The fraction of sp³-hybridized carbons (Fsp3) is 1.00. The summed E-state index contributed by atoms with van der Waals surface area (Å²) in [6.45, 7) is 33.4. The molecule has 0 radical (unpaired) electrons. The van der Waals surface area contributed by atoms with Gasteiger partial charge < -0.3 is 0 Å². The maximum Gasteiger partial charge on any atom is 0.402 e. The highest BCUT2D eigenvalue weighted by Gasteiger charge is 2.64. The van der Waals surface area contributed by atoms with E-state index in [0.717, 1.165) is 60.3 Å². The number of halogens is 18. The Hall–Kier alpha value is -1.26. The van der Waals surface area contributed by atoms with Gasteiger partial charge in [0.2, 0.25) is 0 Å². The zero-order valence-electron chi connectivity index (χ0n) is 41.6.